The molecule has 1 aromatic carbocycles. The van der Waals surface area contributed by atoms with Crippen LogP contribution in [0, 0.1) is 24.6 Å². The lowest BCUT2D eigenvalue weighted by molar-refractivity contribution is -0.133. The van der Waals surface area contributed by atoms with Crippen LogP contribution in [0.5, 0.6) is 5.75 Å². The van der Waals surface area contributed by atoms with Crippen LogP contribution in [0.2, 0.25) is 0 Å². The molecule has 2 saturated carbocycles. The average molecular weight is 491 g/mol. The molecule has 0 atom stereocenters. The number of hydrogen-bond acceptors (Lipinski definition) is 6. The molecule has 3 fully saturated rings. The summed E-state index contributed by atoms with van der Waals surface area (Å²) in [6.07, 6.45) is 11.7. The molecule has 36 heavy (non-hydrogen) atoms. The number of amides is 1. The van der Waals surface area contributed by atoms with Gasteiger partial charge in [0.1, 0.15) is 0 Å². The summed E-state index contributed by atoms with van der Waals surface area (Å²) in [6.45, 7) is 4.05. The van der Waals surface area contributed by atoms with Gasteiger partial charge in [-0.15, -0.1) is 0 Å². The van der Waals surface area contributed by atoms with Crippen molar-refractivity contribution in [2.24, 2.45) is 11.8 Å². The first-order valence-electron chi connectivity index (χ1n) is 12.9. The maximum absolute atomic E-state index is 14.7. The molecule has 1 amide bonds. The van der Waals surface area contributed by atoms with Gasteiger partial charge in [0.05, 0.1) is 30.2 Å². The number of carbonyl (C=O) groups excluding carboxylic acids is 1. The standard InChI is InChI=1S/C27H31FN6O2/c1-17-13-29-27(32-25(17)20-6-7-24(23(28)12-20)36-16-18-2-3-18)31-21-14-30-34(15-21)22-8-10-33(11-9-22)26(35)19-4-5-19/h6-7,12-15,18-19,22H,2-5,8-11,16H2,1H3,(H,29,31,32). The van der Waals surface area contributed by atoms with Gasteiger partial charge in [-0.3, -0.25) is 9.48 Å². The first-order valence-corrected chi connectivity index (χ1v) is 12.9. The molecule has 8 nitrogen and oxygen atoms in total. The topological polar surface area (TPSA) is 85.2 Å². The summed E-state index contributed by atoms with van der Waals surface area (Å²) in [6, 6.07) is 5.25. The molecule has 6 rings (SSSR count). The van der Waals surface area contributed by atoms with Gasteiger partial charge in [-0.25, -0.2) is 14.4 Å². The molecule has 3 aliphatic rings. The highest BCUT2D eigenvalue weighted by Gasteiger charge is 2.35. The Morgan fingerprint density at radius 1 is 1.14 bits per heavy atom. The zero-order valence-electron chi connectivity index (χ0n) is 20.5. The Hall–Kier alpha value is -3.49. The number of nitrogens with one attached hydrogen (secondary N) is 1. The van der Waals surface area contributed by atoms with E-state index in [2.05, 4.69) is 20.4 Å². The van der Waals surface area contributed by atoms with Gasteiger partial charge in [-0.1, -0.05) is 0 Å². The van der Waals surface area contributed by atoms with Crippen LogP contribution in [0.25, 0.3) is 11.3 Å². The number of likely N-dealkylation sites (tertiary alicyclic amines) is 1. The molecular formula is C27H31FN6O2. The fraction of sp³-hybridized carbons (Fsp3) is 0.481. The van der Waals surface area contributed by atoms with E-state index < -0.39 is 0 Å². The maximum atomic E-state index is 14.7. The summed E-state index contributed by atoms with van der Waals surface area (Å²) in [5.74, 6) is 1.49. The number of aromatic nitrogens is 4. The van der Waals surface area contributed by atoms with Crippen LogP contribution in [0.1, 0.15) is 50.1 Å². The number of carbonyl (C=O) groups is 1. The first kappa shape index (κ1) is 22.9. The number of hydrogen-bond donors (Lipinski definition) is 1. The summed E-state index contributed by atoms with van der Waals surface area (Å²) in [7, 11) is 0. The third-order valence-electron chi connectivity index (χ3n) is 7.28. The minimum absolute atomic E-state index is 0.266. The highest BCUT2D eigenvalue weighted by atomic mass is 19.1. The minimum Gasteiger partial charge on any atom is -0.490 e. The Kier molecular flexibility index (Phi) is 6.07. The summed E-state index contributed by atoms with van der Waals surface area (Å²) in [5.41, 5.74) is 2.99. The Bertz CT molecular complexity index is 1260. The van der Waals surface area contributed by atoms with E-state index in [0.29, 0.717) is 35.6 Å². The van der Waals surface area contributed by atoms with E-state index >= 15 is 0 Å². The number of aryl methyl sites for hydroxylation is 1. The second-order valence-electron chi connectivity index (χ2n) is 10.3. The zero-order valence-corrected chi connectivity index (χ0v) is 20.5. The van der Waals surface area contributed by atoms with E-state index in [4.69, 9.17) is 4.74 Å². The largest absolute Gasteiger partial charge is 0.490 e. The molecule has 1 aliphatic heterocycles. The number of piperidine rings is 1. The van der Waals surface area contributed by atoms with Crippen molar-refractivity contribution in [3.05, 3.63) is 48.2 Å². The Morgan fingerprint density at radius 3 is 2.67 bits per heavy atom. The van der Waals surface area contributed by atoms with E-state index in [1.165, 1.54) is 6.07 Å². The molecule has 9 heteroatoms. The fourth-order valence-corrected chi connectivity index (χ4v) is 4.72. The van der Waals surface area contributed by atoms with Crippen LogP contribution in [0.3, 0.4) is 0 Å². The van der Waals surface area contributed by atoms with Crippen LogP contribution in [0.4, 0.5) is 16.0 Å². The Labute approximate surface area is 209 Å². The lowest BCUT2D eigenvalue weighted by Gasteiger charge is -2.32. The van der Waals surface area contributed by atoms with Crippen LogP contribution in [-0.2, 0) is 4.79 Å². The van der Waals surface area contributed by atoms with Crippen molar-refractivity contribution >= 4 is 17.5 Å². The third kappa shape index (κ3) is 5.05. The third-order valence-corrected chi connectivity index (χ3v) is 7.28. The van der Waals surface area contributed by atoms with Gasteiger partial charge in [-0.05, 0) is 75.1 Å². The van der Waals surface area contributed by atoms with Crippen LogP contribution < -0.4 is 10.1 Å². The number of nitrogens with zero attached hydrogens (tertiary/aromatic N) is 5. The molecule has 2 aromatic heterocycles. The van der Waals surface area contributed by atoms with Gasteiger partial charge in [0.15, 0.2) is 11.6 Å². The van der Waals surface area contributed by atoms with Crippen LogP contribution >= 0.6 is 0 Å². The molecule has 0 spiro atoms. The molecule has 1 N–H and O–H groups in total. The predicted octanol–water partition coefficient (Wildman–Crippen LogP) is 4.89. The maximum Gasteiger partial charge on any atom is 0.227 e. The Balaban J connectivity index is 1.11. The van der Waals surface area contributed by atoms with Crippen molar-refractivity contribution in [2.45, 2.75) is 51.5 Å². The summed E-state index contributed by atoms with van der Waals surface area (Å²) in [4.78, 5) is 23.4. The van der Waals surface area contributed by atoms with Crippen LogP contribution in [0.15, 0.2) is 36.8 Å². The molecule has 0 bridgehead atoms. The van der Waals surface area contributed by atoms with Crippen molar-refractivity contribution in [1.29, 1.82) is 0 Å². The molecule has 2 aliphatic carbocycles. The highest BCUT2D eigenvalue weighted by molar-refractivity contribution is 5.81. The summed E-state index contributed by atoms with van der Waals surface area (Å²) in [5, 5.41) is 7.77. The molecule has 1 saturated heterocycles. The van der Waals surface area contributed by atoms with Crippen LogP contribution in [-0.4, -0.2) is 50.3 Å². The predicted molar refractivity (Wildman–Crippen MR) is 133 cm³/mol. The number of ether oxygens (including phenoxy) is 1. The number of benzene rings is 1. The van der Waals surface area contributed by atoms with E-state index in [0.717, 1.165) is 62.9 Å². The average Bonchev–Trinajstić information content (AvgIpc) is 3.83. The number of halogens is 1. The number of rotatable bonds is 8. The van der Waals surface area contributed by atoms with E-state index in [1.807, 2.05) is 28.8 Å². The van der Waals surface area contributed by atoms with Gasteiger partial charge in [0.2, 0.25) is 11.9 Å². The lowest BCUT2D eigenvalue weighted by Crippen LogP contribution is -2.39. The summed E-state index contributed by atoms with van der Waals surface area (Å²) >= 11 is 0. The molecular weight excluding hydrogens is 459 g/mol. The van der Waals surface area contributed by atoms with Crippen molar-refractivity contribution in [1.82, 2.24) is 24.6 Å². The monoisotopic (exact) mass is 490 g/mol. The smallest absolute Gasteiger partial charge is 0.227 e. The zero-order chi connectivity index (χ0) is 24.6. The van der Waals surface area contributed by atoms with Gasteiger partial charge >= 0.3 is 0 Å². The minimum atomic E-state index is -0.383. The SMILES string of the molecule is Cc1cnc(Nc2cnn(C3CCN(C(=O)C4CC4)CC3)c2)nc1-c1ccc(OCC2CC2)c(F)c1. The van der Waals surface area contributed by atoms with E-state index in [9.17, 15) is 9.18 Å². The Morgan fingerprint density at radius 2 is 1.94 bits per heavy atom. The quantitative estimate of drug-likeness (QED) is 0.484. The first-order chi connectivity index (χ1) is 17.5. The van der Waals surface area contributed by atoms with Crippen molar-refractivity contribution < 1.29 is 13.9 Å². The second kappa shape index (κ2) is 9.52. The molecule has 0 radical (unpaired) electrons. The molecule has 3 heterocycles. The van der Waals surface area contributed by atoms with Gasteiger partial charge < -0.3 is 15.0 Å². The second-order valence-corrected chi connectivity index (χ2v) is 10.3. The molecule has 188 valence electrons. The summed E-state index contributed by atoms with van der Waals surface area (Å²) < 4.78 is 22.2. The van der Waals surface area contributed by atoms with Crippen molar-refractivity contribution in [2.75, 3.05) is 25.0 Å². The number of anilines is 2. The molecule has 3 aromatic rings. The normalized spacial score (nSPS) is 18.3. The van der Waals surface area contributed by atoms with E-state index in [-0.39, 0.29) is 23.5 Å². The fourth-order valence-electron chi connectivity index (χ4n) is 4.72. The van der Waals surface area contributed by atoms with Gasteiger partial charge in [0, 0.05) is 37.0 Å². The van der Waals surface area contributed by atoms with Crippen molar-refractivity contribution in [3.63, 3.8) is 0 Å². The lowest BCUT2D eigenvalue weighted by atomic mass is 10.0. The van der Waals surface area contributed by atoms with Crippen molar-refractivity contribution in [3.8, 4) is 17.0 Å². The van der Waals surface area contributed by atoms with Gasteiger partial charge in [0.25, 0.3) is 0 Å². The molecule has 0 unspecified atom stereocenters. The van der Waals surface area contributed by atoms with Gasteiger partial charge in [-0.2, -0.15) is 5.10 Å². The van der Waals surface area contributed by atoms with E-state index in [1.54, 1.807) is 18.5 Å². The highest BCUT2D eigenvalue weighted by Crippen LogP contribution is 2.34.